The molecule has 1 saturated heterocycles. The number of ether oxygens (including phenoxy) is 1. The van der Waals surface area contributed by atoms with Crippen LogP contribution in [0.25, 0.3) is 0 Å². The van der Waals surface area contributed by atoms with Crippen molar-refractivity contribution in [2.45, 2.75) is 25.4 Å². The molecule has 0 bridgehead atoms. The molecule has 1 aliphatic heterocycles. The van der Waals surface area contributed by atoms with E-state index in [1.54, 1.807) is 6.92 Å². The van der Waals surface area contributed by atoms with Crippen LogP contribution in [-0.4, -0.2) is 12.1 Å². The van der Waals surface area contributed by atoms with Gasteiger partial charge in [-0.1, -0.05) is 6.07 Å². The number of esters is 1. The molecule has 2 nitrogen and oxygen atoms in total. The van der Waals surface area contributed by atoms with Crippen molar-refractivity contribution in [1.29, 1.82) is 0 Å². The first-order valence-electron chi connectivity index (χ1n) is 4.73. The predicted molar refractivity (Wildman–Crippen MR) is 49.3 cm³/mol. The smallest absolute Gasteiger partial charge is 0.313 e. The second-order valence-corrected chi connectivity index (χ2v) is 3.71. The fourth-order valence-electron chi connectivity index (χ4n) is 1.76. The Morgan fingerprint density at radius 2 is 2.07 bits per heavy atom. The highest BCUT2D eigenvalue weighted by atomic mass is 19.2. The molecule has 0 aliphatic carbocycles. The molecule has 2 rings (SSSR count). The lowest BCUT2D eigenvalue weighted by molar-refractivity contribution is -0.141. The van der Waals surface area contributed by atoms with E-state index in [-0.39, 0.29) is 12.1 Å². The molecule has 1 aromatic rings. The van der Waals surface area contributed by atoms with Crippen molar-refractivity contribution in [3.05, 3.63) is 35.4 Å². The quantitative estimate of drug-likeness (QED) is 0.668. The standard InChI is InChI=1S/C11H10F2O2/c1-6-4-8(11(14)15-6)7-2-3-9(12)10(13)5-7/h2-3,5-6,8H,4H2,1H3. The van der Waals surface area contributed by atoms with Gasteiger partial charge in [0.1, 0.15) is 6.10 Å². The molecule has 0 saturated carbocycles. The molecule has 1 aliphatic rings. The maximum absolute atomic E-state index is 12.9. The highest BCUT2D eigenvalue weighted by Crippen LogP contribution is 2.31. The number of hydrogen-bond donors (Lipinski definition) is 0. The molecule has 0 radical (unpaired) electrons. The summed E-state index contributed by atoms with van der Waals surface area (Å²) in [6.07, 6.45) is 0.361. The third-order valence-corrected chi connectivity index (χ3v) is 2.52. The number of carbonyl (C=O) groups is 1. The van der Waals surface area contributed by atoms with Crippen LogP contribution in [0.1, 0.15) is 24.8 Å². The Balaban J connectivity index is 2.30. The van der Waals surface area contributed by atoms with Crippen molar-refractivity contribution in [2.24, 2.45) is 0 Å². The van der Waals surface area contributed by atoms with Crippen LogP contribution in [0.3, 0.4) is 0 Å². The van der Waals surface area contributed by atoms with E-state index in [0.717, 1.165) is 12.1 Å². The van der Waals surface area contributed by atoms with Gasteiger partial charge in [0.25, 0.3) is 0 Å². The van der Waals surface area contributed by atoms with Gasteiger partial charge in [-0.2, -0.15) is 0 Å². The topological polar surface area (TPSA) is 26.3 Å². The third kappa shape index (κ3) is 1.84. The Morgan fingerprint density at radius 1 is 1.33 bits per heavy atom. The largest absolute Gasteiger partial charge is 0.462 e. The van der Waals surface area contributed by atoms with Crippen molar-refractivity contribution in [3.8, 4) is 0 Å². The number of benzene rings is 1. The number of hydrogen-bond acceptors (Lipinski definition) is 2. The molecule has 15 heavy (non-hydrogen) atoms. The van der Waals surface area contributed by atoms with E-state index < -0.39 is 17.6 Å². The van der Waals surface area contributed by atoms with Gasteiger partial charge in [0.15, 0.2) is 11.6 Å². The Bertz CT molecular complexity index is 404. The zero-order chi connectivity index (χ0) is 11.0. The van der Waals surface area contributed by atoms with Crippen LogP contribution in [0.15, 0.2) is 18.2 Å². The Morgan fingerprint density at radius 3 is 2.60 bits per heavy atom. The van der Waals surface area contributed by atoms with Gasteiger partial charge >= 0.3 is 5.97 Å². The molecule has 1 fully saturated rings. The lowest BCUT2D eigenvalue weighted by Gasteiger charge is -2.05. The molecule has 2 atom stereocenters. The summed E-state index contributed by atoms with van der Waals surface area (Å²) >= 11 is 0. The molecular formula is C11H10F2O2. The van der Waals surface area contributed by atoms with Gasteiger partial charge in [-0.25, -0.2) is 8.78 Å². The SMILES string of the molecule is CC1CC(c2ccc(F)c(F)c2)C(=O)O1. The first-order chi connectivity index (χ1) is 7.08. The summed E-state index contributed by atoms with van der Waals surface area (Å²) in [5.41, 5.74) is 0.475. The fraction of sp³-hybridized carbons (Fsp3) is 0.364. The predicted octanol–water partition coefficient (Wildman–Crippen LogP) is 2.38. The van der Waals surface area contributed by atoms with E-state index >= 15 is 0 Å². The van der Waals surface area contributed by atoms with E-state index in [9.17, 15) is 13.6 Å². The second kappa shape index (κ2) is 3.61. The first-order valence-corrected chi connectivity index (χ1v) is 4.73. The molecule has 0 amide bonds. The zero-order valence-electron chi connectivity index (χ0n) is 8.17. The molecule has 2 unspecified atom stereocenters. The summed E-state index contributed by atoms with van der Waals surface area (Å²) in [5.74, 6) is -2.67. The maximum Gasteiger partial charge on any atom is 0.313 e. The normalized spacial score (nSPS) is 25.4. The van der Waals surface area contributed by atoms with Crippen LogP contribution < -0.4 is 0 Å². The number of halogens is 2. The van der Waals surface area contributed by atoms with E-state index in [1.807, 2.05) is 0 Å². The molecule has 4 heteroatoms. The fourth-order valence-corrected chi connectivity index (χ4v) is 1.76. The average Bonchev–Trinajstić information content (AvgIpc) is 2.50. The van der Waals surface area contributed by atoms with Crippen LogP contribution in [-0.2, 0) is 9.53 Å². The zero-order valence-corrected chi connectivity index (χ0v) is 8.17. The van der Waals surface area contributed by atoms with Gasteiger partial charge in [0.2, 0.25) is 0 Å². The Labute approximate surface area is 85.9 Å². The minimum Gasteiger partial charge on any atom is -0.462 e. The molecule has 0 spiro atoms. The molecule has 0 N–H and O–H groups in total. The van der Waals surface area contributed by atoms with Crippen molar-refractivity contribution in [2.75, 3.05) is 0 Å². The van der Waals surface area contributed by atoms with Gasteiger partial charge < -0.3 is 4.74 Å². The van der Waals surface area contributed by atoms with Crippen molar-refractivity contribution >= 4 is 5.97 Å². The number of rotatable bonds is 1. The van der Waals surface area contributed by atoms with Crippen molar-refractivity contribution in [3.63, 3.8) is 0 Å². The van der Waals surface area contributed by atoms with Crippen molar-refractivity contribution < 1.29 is 18.3 Å². The van der Waals surface area contributed by atoms with Crippen LogP contribution in [0.4, 0.5) is 8.78 Å². The highest BCUT2D eigenvalue weighted by molar-refractivity contribution is 5.80. The van der Waals surface area contributed by atoms with Crippen LogP contribution >= 0.6 is 0 Å². The number of carbonyl (C=O) groups excluding carboxylic acids is 1. The van der Waals surface area contributed by atoms with Gasteiger partial charge in [-0.05, 0) is 24.6 Å². The molecule has 1 aromatic carbocycles. The Hall–Kier alpha value is -1.45. The third-order valence-electron chi connectivity index (χ3n) is 2.52. The van der Waals surface area contributed by atoms with E-state index in [2.05, 4.69) is 0 Å². The van der Waals surface area contributed by atoms with Crippen LogP contribution in [0.5, 0.6) is 0 Å². The van der Waals surface area contributed by atoms with E-state index in [4.69, 9.17) is 4.74 Å². The average molecular weight is 212 g/mol. The van der Waals surface area contributed by atoms with Crippen molar-refractivity contribution in [1.82, 2.24) is 0 Å². The van der Waals surface area contributed by atoms with Gasteiger partial charge in [0.05, 0.1) is 5.92 Å². The summed E-state index contributed by atoms with van der Waals surface area (Å²) in [7, 11) is 0. The summed E-state index contributed by atoms with van der Waals surface area (Å²) in [5, 5.41) is 0. The van der Waals surface area contributed by atoms with Gasteiger partial charge in [0, 0.05) is 6.42 Å². The molecule has 80 valence electrons. The lowest BCUT2D eigenvalue weighted by atomic mass is 9.96. The second-order valence-electron chi connectivity index (χ2n) is 3.71. The minimum absolute atomic E-state index is 0.157. The van der Waals surface area contributed by atoms with Gasteiger partial charge in [-0.3, -0.25) is 4.79 Å². The van der Waals surface area contributed by atoms with Crippen LogP contribution in [0, 0.1) is 11.6 Å². The van der Waals surface area contributed by atoms with Gasteiger partial charge in [-0.15, -0.1) is 0 Å². The first kappa shape index (κ1) is 10.1. The summed E-state index contributed by atoms with van der Waals surface area (Å²) < 4.78 is 30.5. The van der Waals surface area contributed by atoms with Crippen LogP contribution in [0.2, 0.25) is 0 Å². The minimum atomic E-state index is -0.931. The maximum atomic E-state index is 12.9. The molecule has 0 aromatic heterocycles. The molecular weight excluding hydrogens is 202 g/mol. The lowest BCUT2D eigenvalue weighted by Crippen LogP contribution is -2.06. The summed E-state index contributed by atoms with van der Waals surface area (Å²) in [6.45, 7) is 1.78. The van der Waals surface area contributed by atoms with E-state index in [1.165, 1.54) is 6.07 Å². The summed E-state index contributed by atoms with van der Waals surface area (Å²) in [6, 6.07) is 3.50. The summed E-state index contributed by atoms with van der Waals surface area (Å²) in [4.78, 5) is 11.3. The number of cyclic esters (lactones) is 1. The van der Waals surface area contributed by atoms with E-state index in [0.29, 0.717) is 12.0 Å². The highest BCUT2D eigenvalue weighted by Gasteiger charge is 2.33. The monoisotopic (exact) mass is 212 g/mol. The molecule has 1 heterocycles. The Kier molecular flexibility index (Phi) is 2.42.